The standard InChI is InChI=1S/C29H24O3.CHF3O3S/c1-31-29(30)32-24-14-11-21(12-15-24)18-27-23(17-20-7-3-2-4-8-20)13-16-26-25-10-6-5-9-22(25)19-28(26)27;2-1(3,4)8(5,6)7/h2-16H,17-19H2,1H3;(H,5,6,7). The van der Waals surface area contributed by atoms with Gasteiger partial charge in [0.25, 0.3) is 0 Å². The van der Waals surface area contributed by atoms with Gasteiger partial charge < -0.3 is 9.47 Å². The molecule has 0 amide bonds. The molecule has 0 atom stereocenters. The summed E-state index contributed by atoms with van der Waals surface area (Å²) in [6.07, 6.45) is 2.00. The smallest absolute Gasteiger partial charge is 0.437 e. The summed E-state index contributed by atoms with van der Waals surface area (Å²) >= 11 is 0. The number of halogens is 3. The molecule has 40 heavy (non-hydrogen) atoms. The number of ether oxygens (including phenoxy) is 2. The van der Waals surface area contributed by atoms with Crippen LogP contribution in [-0.4, -0.2) is 31.7 Å². The topological polar surface area (TPSA) is 89.9 Å². The van der Waals surface area contributed by atoms with Gasteiger partial charge >= 0.3 is 21.8 Å². The summed E-state index contributed by atoms with van der Waals surface area (Å²) in [4.78, 5) is 11.4. The number of hydrogen-bond acceptors (Lipinski definition) is 5. The van der Waals surface area contributed by atoms with Crippen LogP contribution >= 0.6 is 0 Å². The second kappa shape index (κ2) is 11.9. The highest BCUT2D eigenvalue weighted by molar-refractivity contribution is 7.86. The zero-order chi connectivity index (χ0) is 28.9. The molecule has 0 spiro atoms. The Kier molecular flexibility index (Phi) is 8.61. The minimum absolute atomic E-state index is 0.482. The number of fused-ring (bicyclic) bond motifs is 3. The van der Waals surface area contributed by atoms with Gasteiger partial charge in [-0.3, -0.25) is 4.55 Å². The molecule has 1 aliphatic carbocycles. The molecule has 0 saturated carbocycles. The lowest BCUT2D eigenvalue weighted by molar-refractivity contribution is -0.0510. The molecule has 1 aliphatic rings. The molecule has 0 radical (unpaired) electrons. The van der Waals surface area contributed by atoms with Crippen molar-refractivity contribution in [1.82, 2.24) is 0 Å². The van der Waals surface area contributed by atoms with Crippen LogP contribution in [0.3, 0.4) is 0 Å². The van der Waals surface area contributed by atoms with Crippen LogP contribution < -0.4 is 4.74 Å². The van der Waals surface area contributed by atoms with Crippen LogP contribution in [0.1, 0.15) is 33.4 Å². The number of rotatable bonds is 5. The van der Waals surface area contributed by atoms with Gasteiger partial charge in [0, 0.05) is 0 Å². The largest absolute Gasteiger partial charge is 0.522 e. The zero-order valence-corrected chi connectivity index (χ0v) is 22.1. The quantitative estimate of drug-likeness (QED) is 0.106. The van der Waals surface area contributed by atoms with Gasteiger partial charge in [-0.2, -0.15) is 21.6 Å². The van der Waals surface area contributed by atoms with E-state index in [0.717, 1.165) is 19.3 Å². The van der Waals surface area contributed by atoms with Gasteiger partial charge in [0.15, 0.2) is 0 Å². The maximum Gasteiger partial charge on any atom is 0.522 e. The van der Waals surface area contributed by atoms with Gasteiger partial charge in [-0.1, -0.05) is 78.9 Å². The maximum absolute atomic E-state index is 11.4. The van der Waals surface area contributed by atoms with Crippen molar-refractivity contribution in [3.63, 3.8) is 0 Å². The van der Waals surface area contributed by atoms with Gasteiger partial charge in [0.1, 0.15) is 5.75 Å². The molecule has 4 aromatic rings. The SMILES string of the molecule is COC(=O)Oc1ccc(Cc2c(Cc3ccccc3)ccc3c2Cc2ccccc2-3)cc1.O=S(=O)(O)C(F)(F)F. The Morgan fingerprint density at radius 2 is 1.43 bits per heavy atom. The fourth-order valence-electron chi connectivity index (χ4n) is 4.54. The van der Waals surface area contributed by atoms with E-state index in [1.807, 2.05) is 24.3 Å². The van der Waals surface area contributed by atoms with Crippen molar-refractivity contribution in [2.45, 2.75) is 24.8 Å². The Morgan fingerprint density at radius 1 is 0.825 bits per heavy atom. The lowest BCUT2D eigenvalue weighted by atomic mass is 9.89. The van der Waals surface area contributed by atoms with E-state index in [2.05, 4.69) is 71.5 Å². The lowest BCUT2D eigenvalue weighted by Gasteiger charge is -2.16. The summed E-state index contributed by atoms with van der Waals surface area (Å²) < 4.78 is 67.2. The van der Waals surface area contributed by atoms with E-state index in [1.54, 1.807) is 0 Å². The molecule has 0 heterocycles. The fraction of sp³-hybridized carbons (Fsp3) is 0.167. The average Bonchev–Trinajstić information content (AvgIpc) is 3.30. The highest BCUT2D eigenvalue weighted by Gasteiger charge is 2.44. The minimum Gasteiger partial charge on any atom is -0.437 e. The van der Waals surface area contributed by atoms with E-state index >= 15 is 0 Å². The predicted molar refractivity (Wildman–Crippen MR) is 144 cm³/mol. The molecule has 1 N–H and O–H groups in total. The summed E-state index contributed by atoms with van der Waals surface area (Å²) in [6, 6.07) is 31.6. The van der Waals surface area contributed by atoms with Crippen LogP contribution in [0.2, 0.25) is 0 Å². The summed E-state index contributed by atoms with van der Waals surface area (Å²) in [5.41, 5.74) is 5.22. The van der Waals surface area contributed by atoms with Gasteiger partial charge in [0.05, 0.1) is 7.11 Å². The number of methoxy groups -OCH3 is 1. The number of hydrogen-bond donors (Lipinski definition) is 1. The Bertz CT molecular complexity index is 1600. The van der Waals surface area contributed by atoms with Gasteiger partial charge in [-0.05, 0) is 75.9 Å². The van der Waals surface area contributed by atoms with E-state index in [-0.39, 0.29) is 0 Å². The van der Waals surface area contributed by atoms with Crippen molar-refractivity contribution in [1.29, 1.82) is 0 Å². The molecule has 0 saturated heterocycles. The van der Waals surface area contributed by atoms with Crippen molar-refractivity contribution in [3.05, 3.63) is 124 Å². The first-order valence-electron chi connectivity index (χ1n) is 12.1. The van der Waals surface area contributed by atoms with Crippen LogP contribution in [0.25, 0.3) is 11.1 Å². The molecule has 6 nitrogen and oxygen atoms in total. The van der Waals surface area contributed by atoms with E-state index in [1.165, 1.54) is 51.6 Å². The lowest BCUT2D eigenvalue weighted by Crippen LogP contribution is -2.21. The third-order valence-electron chi connectivity index (χ3n) is 6.40. The van der Waals surface area contributed by atoms with E-state index in [0.29, 0.717) is 5.75 Å². The van der Waals surface area contributed by atoms with E-state index < -0.39 is 21.8 Å². The molecule has 0 aliphatic heterocycles. The van der Waals surface area contributed by atoms with Crippen LogP contribution in [0.4, 0.5) is 18.0 Å². The van der Waals surface area contributed by atoms with E-state index in [4.69, 9.17) is 17.7 Å². The van der Waals surface area contributed by atoms with Gasteiger partial charge in [-0.25, -0.2) is 4.79 Å². The molecular formula is C30H25F3O6S. The van der Waals surface area contributed by atoms with Crippen molar-refractivity contribution in [3.8, 4) is 16.9 Å². The molecule has 5 rings (SSSR count). The second-order valence-electron chi connectivity index (χ2n) is 9.02. The first-order valence-corrected chi connectivity index (χ1v) is 13.5. The van der Waals surface area contributed by atoms with Crippen molar-refractivity contribution in [2.24, 2.45) is 0 Å². The third kappa shape index (κ3) is 6.88. The molecule has 10 heteroatoms. The van der Waals surface area contributed by atoms with E-state index in [9.17, 15) is 18.0 Å². The zero-order valence-electron chi connectivity index (χ0n) is 21.3. The number of carbonyl (C=O) groups is 1. The third-order valence-corrected chi connectivity index (χ3v) is 6.99. The molecule has 208 valence electrons. The molecular weight excluding hydrogens is 545 g/mol. The van der Waals surface area contributed by atoms with Crippen LogP contribution in [0, 0.1) is 0 Å². The Morgan fingerprint density at radius 3 is 2.05 bits per heavy atom. The molecule has 4 aromatic carbocycles. The highest BCUT2D eigenvalue weighted by Crippen LogP contribution is 2.40. The summed E-state index contributed by atoms with van der Waals surface area (Å²) in [5, 5.41) is 0. The number of alkyl halides is 3. The summed E-state index contributed by atoms with van der Waals surface area (Å²) in [5.74, 6) is 0.482. The van der Waals surface area contributed by atoms with Gasteiger partial charge in [0.2, 0.25) is 0 Å². The number of benzene rings is 4. The predicted octanol–water partition coefficient (Wildman–Crippen LogP) is 6.98. The monoisotopic (exact) mass is 570 g/mol. The first kappa shape index (κ1) is 28.8. The molecule has 0 fully saturated rings. The molecule has 0 aromatic heterocycles. The first-order chi connectivity index (χ1) is 19.0. The normalized spacial score (nSPS) is 12.0. The maximum atomic E-state index is 11.4. The summed E-state index contributed by atoms with van der Waals surface area (Å²) in [6.45, 7) is 0. The minimum atomic E-state index is -5.84. The fourth-order valence-corrected chi connectivity index (χ4v) is 4.54. The van der Waals surface area contributed by atoms with Gasteiger partial charge in [-0.15, -0.1) is 0 Å². The summed E-state index contributed by atoms with van der Waals surface area (Å²) in [7, 11) is -4.54. The Labute approximate surface area is 229 Å². The molecule has 0 bridgehead atoms. The Hall–Kier alpha value is -4.15. The highest BCUT2D eigenvalue weighted by atomic mass is 32.2. The van der Waals surface area contributed by atoms with Crippen molar-refractivity contribution < 1.29 is 40.4 Å². The van der Waals surface area contributed by atoms with Crippen LogP contribution in [0.15, 0.2) is 91.0 Å². The van der Waals surface area contributed by atoms with Crippen LogP contribution in [-0.2, 0) is 34.1 Å². The molecule has 0 unspecified atom stereocenters. The van der Waals surface area contributed by atoms with Crippen molar-refractivity contribution in [2.75, 3.05) is 7.11 Å². The Balaban J connectivity index is 0.000000406. The average molecular weight is 571 g/mol. The van der Waals surface area contributed by atoms with Crippen LogP contribution in [0.5, 0.6) is 5.75 Å². The van der Waals surface area contributed by atoms with Crippen molar-refractivity contribution >= 4 is 16.3 Å². The second-order valence-corrected chi connectivity index (χ2v) is 10.4. The number of carbonyl (C=O) groups excluding carboxylic acids is 1.